The van der Waals surface area contributed by atoms with E-state index >= 15 is 0 Å². The molecule has 2 rings (SSSR count). The highest BCUT2D eigenvalue weighted by atomic mass is 16.6. The van der Waals surface area contributed by atoms with E-state index in [1.807, 2.05) is 0 Å². The van der Waals surface area contributed by atoms with Crippen LogP contribution in [0.5, 0.6) is 5.75 Å². The van der Waals surface area contributed by atoms with Crippen LogP contribution in [0.25, 0.3) is 0 Å². The minimum atomic E-state index is -0.504. The Balaban J connectivity index is 1.92. The monoisotopic (exact) mass is 274 g/mol. The number of nitro benzene ring substituents is 1. The molecule has 6 nitrogen and oxygen atoms in total. The molecule has 0 N–H and O–H groups in total. The Morgan fingerprint density at radius 2 is 1.95 bits per heavy atom. The molecular weight excluding hydrogens is 260 g/mol. The maximum Gasteiger partial charge on any atom is 0.415 e. The van der Waals surface area contributed by atoms with Crippen LogP contribution >= 0.6 is 0 Å². The number of rotatable bonds is 2. The smallest absolute Gasteiger partial charge is 0.410 e. The summed E-state index contributed by atoms with van der Waals surface area (Å²) in [6.45, 7) is 1.14. The molecule has 1 aliphatic heterocycles. The van der Waals surface area contributed by atoms with E-state index in [0.29, 0.717) is 18.8 Å². The molecule has 0 aliphatic carbocycles. The van der Waals surface area contributed by atoms with Crippen molar-refractivity contribution < 1.29 is 14.5 Å². The molecule has 0 saturated carbocycles. The Morgan fingerprint density at radius 3 is 2.45 bits per heavy atom. The number of benzene rings is 1. The summed E-state index contributed by atoms with van der Waals surface area (Å²) in [5.41, 5.74) is -0.0420. The van der Waals surface area contributed by atoms with E-state index in [-0.39, 0.29) is 11.6 Å². The van der Waals surface area contributed by atoms with Gasteiger partial charge in [0.1, 0.15) is 5.75 Å². The average Bonchev–Trinajstić information content (AvgIpc) is 2.48. The summed E-state index contributed by atoms with van der Waals surface area (Å²) in [5, 5.41) is 10.5. The van der Waals surface area contributed by atoms with Crippen LogP contribution in [-0.4, -0.2) is 29.0 Å². The molecule has 0 spiro atoms. The fourth-order valence-corrected chi connectivity index (χ4v) is 2.03. The maximum absolute atomic E-state index is 11.9. The second-order valence-corrected chi connectivity index (χ2v) is 4.55. The summed E-state index contributed by atoms with van der Waals surface area (Å²) in [5.74, 6) is 3.20. The molecule has 1 saturated heterocycles. The normalized spacial score (nSPS) is 15.4. The largest absolute Gasteiger partial charge is 0.415 e. The molecule has 0 aromatic heterocycles. The van der Waals surface area contributed by atoms with Crippen LogP contribution in [-0.2, 0) is 0 Å². The lowest BCUT2D eigenvalue weighted by atomic mass is 9.98. The van der Waals surface area contributed by atoms with Gasteiger partial charge in [0.05, 0.1) is 4.92 Å². The minimum absolute atomic E-state index is 0.0420. The van der Waals surface area contributed by atoms with Gasteiger partial charge in [0.15, 0.2) is 0 Å². The van der Waals surface area contributed by atoms with Crippen molar-refractivity contribution in [3.63, 3.8) is 0 Å². The van der Waals surface area contributed by atoms with Crippen LogP contribution in [0.4, 0.5) is 10.5 Å². The van der Waals surface area contributed by atoms with E-state index in [1.165, 1.54) is 24.3 Å². The zero-order valence-corrected chi connectivity index (χ0v) is 10.8. The first-order valence-electron chi connectivity index (χ1n) is 6.27. The highest BCUT2D eigenvalue weighted by Crippen LogP contribution is 2.20. The summed E-state index contributed by atoms with van der Waals surface area (Å²) in [6.07, 6.45) is 6.44. The Kier molecular flexibility index (Phi) is 4.20. The summed E-state index contributed by atoms with van der Waals surface area (Å²) >= 11 is 0. The predicted octanol–water partition coefficient (Wildman–Crippen LogP) is 2.44. The Labute approximate surface area is 116 Å². The molecule has 1 aromatic rings. The van der Waals surface area contributed by atoms with Gasteiger partial charge in [-0.15, -0.1) is 12.3 Å². The van der Waals surface area contributed by atoms with Crippen molar-refractivity contribution >= 4 is 11.8 Å². The molecule has 0 unspecified atom stereocenters. The first kappa shape index (κ1) is 13.9. The molecule has 1 amide bonds. The number of hydrogen-bond donors (Lipinski definition) is 0. The summed E-state index contributed by atoms with van der Waals surface area (Å²) < 4.78 is 5.17. The highest BCUT2D eigenvalue weighted by Gasteiger charge is 2.23. The standard InChI is InChI=1S/C14H14N2O4/c1-2-11-7-9-15(10-8-11)14(17)20-13-5-3-12(4-6-13)16(18)19/h1,3-6,11H,7-10H2. The Bertz CT molecular complexity index is 539. The first-order valence-corrected chi connectivity index (χ1v) is 6.27. The lowest BCUT2D eigenvalue weighted by molar-refractivity contribution is -0.384. The SMILES string of the molecule is C#CC1CCN(C(=O)Oc2ccc([N+](=O)[O-])cc2)CC1. The molecule has 0 bridgehead atoms. The van der Waals surface area contributed by atoms with Gasteiger partial charge in [-0.25, -0.2) is 4.79 Å². The van der Waals surface area contributed by atoms with E-state index < -0.39 is 11.0 Å². The number of non-ortho nitro benzene ring substituents is 1. The third-order valence-electron chi connectivity index (χ3n) is 3.24. The van der Waals surface area contributed by atoms with Crippen LogP contribution < -0.4 is 4.74 Å². The summed E-state index contributed by atoms with van der Waals surface area (Å²) in [4.78, 5) is 23.5. The number of carbonyl (C=O) groups is 1. The number of carbonyl (C=O) groups excluding carboxylic acids is 1. The lowest BCUT2D eigenvalue weighted by Crippen LogP contribution is -2.39. The van der Waals surface area contributed by atoms with Gasteiger partial charge < -0.3 is 9.64 Å². The average molecular weight is 274 g/mol. The fourth-order valence-electron chi connectivity index (χ4n) is 2.03. The number of ether oxygens (including phenoxy) is 1. The third-order valence-corrected chi connectivity index (χ3v) is 3.24. The molecule has 0 radical (unpaired) electrons. The number of nitro groups is 1. The second kappa shape index (κ2) is 6.06. The van der Waals surface area contributed by atoms with Crippen molar-refractivity contribution in [1.29, 1.82) is 0 Å². The fraction of sp³-hybridized carbons (Fsp3) is 0.357. The van der Waals surface area contributed by atoms with Crippen LogP contribution in [0.2, 0.25) is 0 Å². The third kappa shape index (κ3) is 3.26. The van der Waals surface area contributed by atoms with Crippen molar-refractivity contribution in [1.82, 2.24) is 4.90 Å². The zero-order valence-electron chi connectivity index (χ0n) is 10.8. The number of nitrogens with zero attached hydrogens (tertiary/aromatic N) is 2. The minimum Gasteiger partial charge on any atom is -0.410 e. The molecule has 104 valence electrons. The van der Waals surface area contributed by atoms with Gasteiger partial charge in [-0.05, 0) is 25.0 Å². The van der Waals surface area contributed by atoms with E-state index in [2.05, 4.69) is 5.92 Å². The van der Waals surface area contributed by atoms with E-state index in [1.54, 1.807) is 4.90 Å². The number of hydrogen-bond acceptors (Lipinski definition) is 4. The quantitative estimate of drug-likeness (QED) is 0.471. The van der Waals surface area contributed by atoms with Gasteiger partial charge in [-0.1, -0.05) is 0 Å². The summed E-state index contributed by atoms with van der Waals surface area (Å²) in [7, 11) is 0. The molecule has 6 heteroatoms. The van der Waals surface area contributed by atoms with Gasteiger partial charge >= 0.3 is 6.09 Å². The molecule has 1 aromatic carbocycles. The molecule has 1 aliphatic rings. The van der Waals surface area contributed by atoms with Gasteiger partial charge in [0.25, 0.3) is 5.69 Å². The number of likely N-dealkylation sites (tertiary alicyclic amines) is 1. The number of terminal acetylenes is 1. The van der Waals surface area contributed by atoms with Crippen molar-refractivity contribution in [2.75, 3.05) is 13.1 Å². The van der Waals surface area contributed by atoms with E-state index in [0.717, 1.165) is 12.8 Å². The summed E-state index contributed by atoms with van der Waals surface area (Å²) in [6, 6.07) is 5.41. The van der Waals surface area contributed by atoms with Gasteiger partial charge in [0, 0.05) is 31.1 Å². The van der Waals surface area contributed by atoms with Crippen LogP contribution in [0, 0.1) is 28.4 Å². The number of piperidine rings is 1. The van der Waals surface area contributed by atoms with Crippen molar-refractivity contribution in [3.05, 3.63) is 34.4 Å². The van der Waals surface area contributed by atoms with Gasteiger partial charge in [-0.2, -0.15) is 0 Å². The second-order valence-electron chi connectivity index (χ2n) is 4.55. The van der Waals surface area contributed by atoms with Gasteiger partial charge in [0.2, 0.25) is 0 Å². The van der Waals surface area contributed by atoms with E-state index in [4.69, 9.17) is 11.2 Å². The molecule has 1 heterocycles. The van der Waals surface area contributed by atoms with Gasteiger partial charge in [-0.3, -0.25) is 10.1 Å². The molecular formula is C14H14N2O4. The van der Waals surface area contributed by atoms with Crippen LogP contribution in [0.1, 0.15) is 12.8 Å². The van der Waals surface area contributed by atoms with E-state index in [9.17, 15) is 14.9 Å². The molecule has 20 heavy (non-hydrogen) atoms. The Morgan fingerprint density at radius 1 is 1.35 bits per heavy atom. The van der Waals surface area contributed by atoms with Crippen LogP contribution in [0.3, 0.4) is 0 Å². The predicted molar refractivity (Wildman–Crippen MR) is 72.3 cm³/mol. The molecule has 1 fully saturated rings. The van der Waals surface area contributed by atoms with Crippen molar-refractivity contribution in [2.45, 2.75) is 12.8 Å². The van der Waals surface area contributed by atoms with Crippen molar-refractivity contribution in [2.24, 2.45) is 5.92 Å². The lowest BCUT2D eigenvalue weighted by Gasteiger charge is -2.28. The topological polar surface area (TPSA) is 72.7 Å². The zero-order chi connectivity index (χ0) is 14.5. The Hall–Kier alpha value is -2.55. The first-order chi connectivity index (χ1) is 9.60. The number of amides is 1. The molecule has 0 atom stereocenters. The maximum atomic E-state index is 11.9. The van der Waals surface area contributed by atoms with Crippen molar-refractivity contribution in [3.8, 4) is 18.1 Å². The van der Waals surface area contributed by atoms with Crippen LogP contribution in [0.15, 0.2) is 24.3 Å². The highest BCUT2D eigenvalue weighted by molar-refractivity contribution is 5.70.